The summed E-state index contributed by atoms with van der Waals surface area (Å²) >= 11 is 7.25. The highest BCUT2D eigenvalue weighted by Crippen LogP contribution is 2.38. The van der Waals surface area contributed by atoms with E-state index in [4.69, 9.17) is 11.6 Å². The molecule has 1 saturated carbocycles. The van der Waals surface area contributed by atoms with Gasteiger partial charge < -0.3 is 5.32 Å². The van der Waals surface area contributed by atoms with Crippen molar-refractivity contribution in [3.63, 3.8) is 0 Å². The number of benzene rings is 2. The van der Waals surface area contributed by atoms with E-state index in [0.29, 0.717) is 17.4 Å². The summed E-state index contributed by atoms with van der Waals surface area (Å²) in [6.45, 7) is 0.480. The van der Waals surface area contributed by atoms with Gasteiger partial charge in [0, 0.05) is 27.3 Å². The Labute approximate surface area is 176 Å². The Hall–Kier alpha value is -1.73. The molecule has 0 aliphatic heterocycles. The summed E-state index contributed by atoms with van der Waals surface area (Å²) in [5, 5.41) is 3.24. The molecule has 0 spiro atoms. The number of rotatable bonds is 5. The Bertz CT molecular complexity index is 846. The van der Waals surface area contributed by atoms with Crippen LogP contribution >= 0.6 is 23.4 Å². The summed E-state index contributed by atoms with van der Waals surface area (Å²) in [5.41, 5.74) is -0.444. The van der Waals surface area contributed by atoms with Gasteiger partial charge >= 0.3 is 6.18 Å². The van der Waals surface area contributed by atoms with Crippen LogP contribution in [0, 0.1) is 11.7 Å². The van der Waals surface area contributed by atoms with Gasteiger partial charge in [0.15, 0.2) is 0 Å². The van der Waals surface area contributed by atoms with Gasteiger partial charge in [-0.05, 0) is 68.0 Å². The van der Waals surface area contributed by atoms with Crippen molar-refractivity contribution < 1.29 is 22.4 Å². The second kappa shape index (κ2) is 9.39. The van der Waals surface area contributed by atoms with Gasteiger partial charge in [0.25, 0.3) is 5.91 Å². The zero-order valence-electron chi connectivity index (χ0n) is 15.4. The van der Waals surface area contributed by atoms with Crippen LogP contribution in [0.2, 0.25) is 5.02 Å². The molecular weight excluding hydrogens is 426 g/mol. The molecule has 29 heavy (non-hydrogen) atoms. The summed E-state index contributed by atoms with van der Waals surface area (Å²) in [7, 11) is 0. The first-order valence-electron chi connectivity index (χ1n) is 9.29. The lowest BCUT2D eigenvalue weighted by atomic mass is 9.89. The molecular formula is C21H20ClF4NOS. The highest BCUT2D eigenvalue weighted by molar-refractivity contribution is 8.00. The van der Waals surface area contributed by atoms with Crippen LogP contribution in [-0.4, -0.2) is 17.7 Å². The van der Waals surface area contributed by atoms with Crippen LogP contribution < -0.4 is 5.32 Å². The molecule has 156 valence electrons. The standard InChI is InChI=1S/C21H20ClF4NOS/c22-16-8-14(9-17(23)11-16)20(28)27-12-13-4-6-18(7-5-13)29-19-3-1-2-15(10-19)21(24,25)26/h1-3,8-11,13,18H,4-7,12H2,(H,27,28). The predicted molar refractivity (Wildman–Crippen MR) is 107 cm³/mol. The normalized spacial score (nSPS) is 19.8. The summed E-state index contributed by atoms with van der Waals surface area (Å²) in [6.07, 6.45) is -0.847. The molecule has 1 amide bonds. The Morgan fingerprint density at radius 3 is 2.48 bits per heavy atom. The molecule has 2 aromatic carbocycles. The second-order valence-corrected chi connectivity index (χ2v) is 8.96. The van der Waals surface area contributed by atoms with E-state index in [1.54, 1.807) is 6.07 Å². The van der Waals surface area contributed by atoms with Crippen molar-refractivity contribution in [1.29, 1.82) is 0 Å². The van der Waals surface area contributed by atoms with Crippen molar-refractivity contribution in [3.05, 3.63) is 64.4 Å². The van der Waals surface area contributed by atoms with Crippen molar-refractivity contribution in [2.24, 2.45) is 5.92 Å². The zero-order valence-corrected chi connectivity index (χ0v) is 17.0. The summed E-state index contributed by atoms with van der Waals surface area (Å²) in [4.78, 5) is 12.8. The molecule has 8 heteroatoms. The first-order chi connectivity index (χ1) is 13.7. The molecule has 1 aliphatic rings. The molecule has 1 fully saturated rings. The third kappa shape index (κ3) is 6.37. The molecule has 0 unspecified atom stereocenters. The van der Waals surface area contributed by atoms with E-state index < -0.39 is 17.6 Å². The van der Waals surface area contributed by atoms with Crippen LogP contribution in [-0.2, 0) is 6.18 Å². The SMILES string of the molecule is O=C(NCC1CCC(Sc2cccc(C(F)(F)F)c2)CC1)c1cc(F)cc(Cl)c1. The van der Waals surface area contributed by atoms with Crippen LogP contribution in [0.5, 0.6) is 0 Å². The second-order valence-electron chi connectivity index (χ2n) is 7.15. The lowest BCUT2D eigenvalue weighted by molar-refractivity contribution is -0.137. The minimum atomic E-state index is -4.33. The summed E-state index contributed by atoms with van der Waals surface area (Å²) in [5.74, 6) is -0.636. The van der Waals surface area contributed by atoms with E-state index in [2.05, 4.69) is 5.32 Å². The van der Waals surface area contributed by atoms with Crippen LogP contribution in [0.25, 0.3) is 0 Å². The third-order valence-corrected chi connectivity index (χ3v) is 6.48. The first-order valence-corrected chi connectivity index (χ1v) is 10.5. The van der Waals surface area contributed by atoms with Crippen molar-refractivity contribution in [1.82, 2.24) is 5.32 Å². The van der Waals surface area contributed by atoms with E-state index in [-0.39, 0.29) is 21.7 Å². The number of carbonyl (C=O) groups excluding carboxylic acids is 1. The van der Waals surface area contributed by atoms with Crippen molar-refractivity contribution in [2.75, 3.05) is 6.54 Å². The van der Waals surface area contributed by atoms with Gasteiger partial charge in [-0.2, -0.15) is 13.2 Å². The lowest BCUT2D eigenvalue weighted by Crippen LogP contribution is -2.31. The highest BCUT2D eigenvalue weighted by Gasteiger charge is 2.31. The maximum atomic E-state index is 13.4. The molecule has 2 nitrogen and oxygen atoms in total. The minimum Gasteiger partial charge on any atom is -0.352 e. The Balaban J connectivity index is 1.46. The number of carbonyl (C=O) groups is 1. The fraction of sp³-hybridized carbons (Fsp3) is 0.381. The lowest BCUT2D eigenvalue weighted by Gasteiger charge is -2.28. The predicted octanol–water partition coefficient (Wildman–Crippen LogP) is 6.58. The van der Waals surface area contributed by atoms with Crippen LogP contribution in [0.4, 0.5) is 17.6 Å². The maximum absolute atomic E-state index is 13.4. The van der Waals surface area contributed by atoms with Crippen LogP contribution in [0.1, 0.15) is 41.6 Å². The number of thioether (sulfide) groups is 1. The van der Waals surface area contributed by atoms with Gasteiger partial charge in [0.2, 0.25) is 0 Å². The smallest absolute Gasteiger partial charge is 0.352 e. The van der Waals surface area contributed by atoms with Gasteiger partial charge in [-0.15, -0.1) is 11.8 Å². The monoisotopic (exact) mass is 445 g/mol. The topological polar surface area (TPSA) is 29.1 Å². The summed E-state index contributed by atoms with van der Waals surface area (Å²) in [6, 6.07) is 9.12. The van der Waals surface area contributed by atoms with Gasteiger partial charge in [-0.25, -0.2) is 4.39 Å². The number of amides is 1. The quantitative estimate of drug-likeness (QED) is 0.527. The molecule has 0 saturated heterocycles. The van der Waals surface area contributed by atoms with E-state index >= 15 is 0 Å². The third-order valence-electron chi connectivity index (χ3n) is 4.93. The number of hydrogen-bond acceptors (Lipinski definition) is 2. The maximum Gasteiger partial charge on any atom is 0.416 e. The molecule has 0 aromatic heterocycles. The number of hydrogen-bond donors (Lipinski definition) is 1. The molecule has 0 heterocycles. The zero-order chi connectivity index (χ0) is 21.0. The fourth-order valence-electron chi connectivity index (χ4n) is 3.42. The van der Waals surface area contributed by atoms with E-state index in [1.165, 1.54) is 30.0 Å². The number of alkyl halides is 3. The number of halogens is 5. The van der Waals surface area contributed by atoms with Crippen molar-refractivity contribution in [3.8, 4) is 0 Å². The van der Waals surface area contributed by atoms with Crippen LogP contribution in [0.3, 0.4) is 0 Å². The van der Waals surface area contributed by atoms with E-state index in [0.717, 1.165) is 43.9 Å². The molecule has 0 radical (unpaired) electrons. The molecule has 2 aromatic rings. The van der Waals surface area contributed by atoms with Gasteiger partial charge in [0.1, 0.15) is 5.82 Å². The van der Waals surface area contributed by atoms with Crippen molar-refractivity contribution >= 4 is 29.3 Å². The van der Waals surface area contributed by atoms with Gasteiger partial charge in [-0.1, -0.05) is 17.7 Å². The average molecular weight is 446 g/mol. The summed E-state index contributed by atoms with van der Waals surface area (Å²) < 4.78 is 51.9. The molecule has 1 N–H and O–H groups in total. The fourth-order valence-corrected chi connectivity index (χ4v) is 4.88. The highest BCUT2D eigenvalue weighted by atomic mass is 35.5. The van der Waals surface area contributed by atoms with Gasteiger partial charge in [-0.3, -0.25) is 4.79 Å². The minimum absolute atomic E-state index is 0.169. The van der Waals surface area contributed by atoms with E-state index in [9.17, 15) is 22.4 Å². The first kappa shape index (κ1) is 22.0. The van der Waals surface area contributed by atoms with E-state index in [1.807, 2.05) is 0 Å². The molecule has 0 bridgehead atoms. The van der Waals surface area contributed by atoms with Crippen molar-refractivity contribution in [2.45, 2.75) is 42.0 Å². The molecule has 1 aliphatic carbocycles. The number of nitrogens with one attached hydrogen (secondary N) is 1. The Morgan fingerprint density at radius 1 is 1.10 bits per heavy atom. The molecule has 0 atom stereocenters. The Morgan fingerprint density at radius 2 is 1.83 bits per heavy atom. The Kier molecular flexibility index (Phi) is 7.11. The molecule has 3 rings (SSSR count). The van der Waals surface area contributed by atoms with Gasteiger partial charge in [0.05, 0.1) is 5.56 Å². The van der Waals surface area contributed by atoms with Crippen LogP contribution in [0.15, 0.2) is 47.4 Å². The average Bonchev–Trinajstić information content (AvgIpc) is 2.66. The largest absolute Gasteiger partial charge is 0.416 e.